The van der Waals surface area contributed by atoms with E-state index in [0.717, 1.165) is 11.3 Å². The van der Waals surface area contributed by atoms with Gasteiger partial charge < -0.3 is 24.8 Å². The van der Waals surface area contributed by atoms with E-state index in [0.29, 0.717) is 42.5 Å². The molecule has 1 unspecified atom stereocenters. The van der Waals surface area contributed by atoms with Crippen LogP contribution in [0.5, 0.6) is 0 Å². The molecule has 0 aliphatic carbocycles. The van der Waals surface area contributed by atoms with Crippen molar-refractivity contribution in [3.8, 4) is 0 Å². The van der Waals surface area contributed by atoms with Gasteiger partial charge >= 0.3 is 5.97 Å². The van der Waals surface area contributed by atoms with Crippen LogP contribution in [0.15, 0.2) is 42.5 Å². The van der Waals surface area contributed by atoms with Crippen LogP contribution in [0.4, 0.5) is 25.8 Å². The third kappa shape index (κ3) is 7.28. The predicted octanol–water partition coefficient (Wildman–Crippen LogP) is 5.54. The standard InChI is InChI=1S/C24H29ClF2N2O4/c1-32-15-17(13-24(30)31)16-2-7-22(21(12-16)28-19-5-3-18(25)4-6-19)29(14-23(26)27)20-8-10-33-11-9-20/h2-7,12,17,20,23,28H,8-11,13-15H2,1H3,(H,30,31). The van der Waals surface area contributed by atoms with Gasteiger partial charge in [0.2, 0.25) is 0 Å². The van der Waals surface area contributed by atoms with Crippen LogP contribution in [0.1, 0.15) is 30.7 Å². The van der Waals surface area contributed by atoms with E-state index in [2.05, 4.69) is 5.32 Å². The van der Waals surface area contributed by atoms with Gasteiger partial charge in [-0.3, -0.25) is 4.79 Å². The third-order valence-electron chi connectivity index (χ3n) is 5.68. The molecule has 3 rings (SSSR count). The number of nitrogens with one attached hydrogen (secondary N) is 1. The number of rotatable bonds is 11. The second kappa shape index (κ2) is 12.2. The Bertz CT molecular complexity index is 908. The quantitative estimate of drug-likeness (QED) is 0.438. The second-order valence-electron chi connectivity index (χ2n) is 8.05. The van der Waals surface area contributed by atoms with E-state index in [1.54, 1.807) is 41.3 Å². The van der Waals surface area contributed by atoms with Gasteiger partial charge in [0, 0.05) is 43.0 Å². The highest BCUT2D eigenvalue weighted by atomic mass is 35.5. The van der Waals surface area contributed by atoms with Crippen molar-refractivity contribution in [2.24, 2.45) is 0 Å². The van der Waals surface area contributed by atoms with Crippen LogP contribution in [0.3, 0.4) is 0 Å². The number of carboxylic acids is 1. The Balaban J connectivity index is 2.03. The lowest BCUT2D eigenvalue weighted by molar-refractivity contribution is -0.137. The summed E-state index contributed by atoms with van der Waals surface area (Å²) in [7, 11) is 1.52. The van der Waals surface area contributed by atoms with Crippen molar-refractivity contribution in [2.45, 2.75) is 37.6 Å². The van der Waals surface area contributed by atoms with Gasteiger partial charge in [-0.2, -0.15) is 0 Å². The normalized spacial score (nSPS) is 15.4. The zero-order chi connectivity index (χ0) is 23.8. The lowest BCUT2D eigenvalue weighted by Gasteiger charge is -2.37. The van der Waals surface area contributed by atoms with Crippen LogP contribution >= 0.6 is 11.6 Å². The molecule has 0 radical (unpaired) electrons. The Labute approximate surface area is 197 Å². The van der Waals surface area contributed by atoms with Crippen LogP contribution in [0.2, 0.25) is 5.02 Å². The maximum Gasteiger partial charge on any atom is 0.304 e. The SMILES string of the molecule is COCC(CC(=O)O)c1ccc(N(CC(F)F)C2CCOCC2)c(Nc2ccc(Cl)cc2)c1. The van der Waals surface area contributed by atoms with Gasteiger partial charge in [-0.05, 0) is 54.8 Å². The molecule has 1 atom stereocenters. The summed E-state index contributed by atoms with van der Waals surface area (Å²) in [5.74, 6) is -1.31. The summed E-state index contributed by atoms with van der Waals surface area (Å²) >= 11 is 6.00. The molecule has 0 spiro atoms. The summed E-state index contributed by atoms with van der Waals surface area (Å²) in [5.41, 5.74) is 2.74. The molecule has 2 aromatic rings. The molecule has 0 aromatic heterocycles. The zero-order valence-corrected chi connectivity index (χ0v) is 19.2. The van der Waals surface area contributed by atoms with E-state index < -0.39 is 18.9 Å². The van der Waals surface area contributed by atoms with Crippen LogP contribution in [0.25, 0.3) is 0 Å². The van der Waals surface area contributed by atoms with E-state index in [1.807, 2.05) is 6.07 Å². The largest absolute Gasteiger partial charge is 0.481 e. The molecule has 180 valence electrons. The monoisotopic (exact) mass is 482 g/mol. The molecule has 2 aromatic carbocycles. The molecule has 1 aliphatic heterocycles. The summed E-state index contributed by atoms with van der Waals surface area (Å²) in [6.07, 6.45) is -1.31. The van der Waals surface area contributed by atoms with Crippen molar-refractivity contribution in [3.05, 3.63) is 53.1 Å². The zero-order valence-electron chi connectivity index (χ0n) is 18.5. The minimum Gasteiger partial charge on any atom is -0.481 e. The van der Waals surface area contributed by atoms with Crippen LogP contribution in [0, 0.1) is 0 Å². The Kier molecular flexibility index (Phi) is 9.29. The summed E-state index contributed by atoms with van der Waals surface area (Å²) in [5, 5.41) is 13.2. The first-order chi connectivity index (χ1) is 15.9. The number of methoxy groups -OCH3 is 1. The highest BCUT2D eigenvalue weighted by Crippen LogP contribution is 2.36. The van der Waals surface area contributed by atoms with Gasteiger partial charge in [0.15, 0.2) is 0 Å². The van der Waals surface area contributed by atoms with Gasteiger partial charge in [-0.25, -0.2) is 8.78 Å². The van der Waals surface area contributed by atoms with E-state index >= 15 is 0 Å². The van der Waals surface area contributed by atoms with Crippen molar-refractivity contribution in [1.29, 1.82) is 0 Å². The number of hydrogen-bond donors (Lipinski definition) is 2. The lowest BCUT2D eigenvalue weighted by Crippen LogP contribution is -2.42. The average Bonchev–Trinajstić information content (AvgIpc) is 2.79. The minimum atomic E-state index is -2.51. The van der Waals surface area contributed by atoms with E-state index in [4.69, 9.17) is 21.1 Å². The number of alkyl halides is 2. The number of benzene rings is 2. The number of ether oxygens (including phenoxy) is 2. The molecular weight excluding hydrogens is 454 g/mol. The number of carbonyl (C=O) groups is 1. The smallest absolute Gasteiger partial charge is 0.304 e. The first kappa shape index (κ1) is 25.2. The fourth-order valence-corrected chi connectivity index (χ4v) is 4.25. The Hall–Kier alpha value is -2.42. The molecule has 1 fully saturated rings. The molecule has 6 nitrogen and oxygen atoms in total. The Morgan fingerprint density at radius 2 is 1.94 bits per heavy atom. The fraction of sp³-hybridized carbons (Fsp3) is 0.458. The Morgan fingerprint density at radius 3 is 2.55 bits per heavy atom. The van der Waals surface area contributed by atoms with Crippen LogP contribution in [-0.4, -0.2) is 57.0 Å². The predicted molar refractivity (Wildman–Crippen MR) is 125 cm³/mol. The summed E-state index contributed by atoms with van der Waals surface area (Å²) < 4.78 is 37.8. The number of aliphatic carboxylic acids is 1. The van der Waals surface area contributed by atoms with Gasteiger partial charge in [-0.15, -0.1) is 0 Å². The molecule has 0 amide bonds. The van der Waals surface area contributed by atoms with Gasteiger partial charge in [0.1, 0.15) is 0 Å². The second-order valence-corrected chi connectivity index (χ2v) is 8.48. The van der Waals surface area contributed by atoms with Crippen molar-refractivity contribution in [3.63, 3.8) is 0 Å². The molecule has 2 N–H and O–H groups in total. The molecular formula is C24H29ClF2N2O4. The van der Waals surface area contributed by atoms with Crippen molar-refractivity contribution < 1.29 is 28.2 Å². The maximum absolute atomic E-state index is 13.6. The maximum atomic E-state index is 13.6. The van der Waals surface area contributed by atoms with E-state index in [-0.39, 0.29) is 25.0 Å². The fourth-order valence-electron chi connectivity index (χ4n) is 4.12. The number of halogens is 3. The highest BCUT2D eigenvalue weighted by molar-refractivity contribution is 6.30. The molecule has 33 heavy (non-hydrogen) atoms. The number of anilines is 3. The molecule has 0 bridgehead atoms. The molecule has 1 aliphatic rings. The third-order valence-corrected chi connectivity index (χ3v) is 5.93. The van der Waals surface area contributed by atoms with Gasteiger partial charge in [0.25, 0.3) is 6.43 Å². The molecule has 9 heteroatoms. The minimum absolute atomic E-state index is 0.0850. The highest BCUT2D eigenvalue weighted by Gasteiger charge is 2.27. The summed E-state index contributed by atoms with van der Waals surface area (Å²) in [4.78, 5) is 13.1. The molecule has 1 saturated heterocycles. The van der Waals surface area contributed by atoms with Crippen molar-refractivity contribution in [2.75, 3.05) is 43.7 Å². The first-order valence-electron chi connectivity index (χ1n) is 10.9. The first-order valence-corrected chi connectivity index (χ1v) is 11.2. The molecule has 1 heterocycles. The molecule has 0 saturated carbocycles. The topological polar surface area (TPSA) is 71.0 Å². The summed E-state index contributed by atoms with van der Waals surface area (Å²) in [6.45, 7) is 0.872. The van der Waals surface area contributed by atoms with Gasteiger partial charge in [0.05, 0.1) is 30.9 Å². The number of carboxylic acid groups (broad SMARTS) is 1. The van der Waals surface area contributed by atoms with E-state index in [1.165, 1.54) is 7.11 Å². The average molecular weight is 483 g/mol. The van der Waals surface area contributed by atoms with Gasteiger partial charge in [-0.1, -0.05) is 17.7 Å². The van der Waals surface area contributed by atoms with Crippen molar-refractivity contribution in [1.82, 2.24) is 0 Å². The Morgan fingerprint density at radius 1 is 1.24 bits per heavy atom. The van der Waals surface area contributed by atoms with Crippen molar-refractivity contribution >= 4 is 34.6 Å². The number of nitrogens with zero attached hydrogens (tertiary/aromatic N) is 1. The summed E-state index contributed by atoms with van der Waals surface area (Å²) in [6, 6.07) is 12.4. The number of hydrogen-bond acceptors (Lipinski definition) is 5. The van der Waals surface area contributed by atoms with Crippen LogP contribution in [-0.2, 0) is 14.3 Å². The lowest BCUT2D eigenvalue weighted by atomic mass is 9.94. The van der Waals surface area contributed by atoms with E-state index in [9.17, 15) is 18.7 Å². The van der Waals surface area contributed by atoms with Crippen LogP contribution < -0.4 is 10.2 Å².